The molecule has 0 rings (SSSR count). The first-order valence-electron chi connectivity index (χ1n) is 3.66. The third kappa shape index (κ3) is 7.22. The van der Waals surface area contributed by atoms with Gasteiger partial charge in [0, 0.05) is 0 Å². The Labute approximate surface area is 81.8 Å². The van der Waals surface area contributed by atoms with Crippen LogP contribution in [-0.4, -0.2) is 36.9 Å². The molecule has 72 valence electrons. The van der Waals surface area contributed by atoms with E-state index in [0.29, 0.717) is 5.75 Å². The van der Waals surface area contributed by atoms with Crippen LogP contribution in [-0.2, 0) is 9.59 Å². The highest BCUT2D eigenvalue weighted by Crippen LogP contribution is 1.88. The minimum atomic E-state index is -0.271. The first kappa shape index (κ1) is 11.8. The van der Waals surface area contributed by atoms with Gasteiger partial charge >= 0.3 is 0 Å². The Balaban J connectivity index is 3.47. The third-order valence-electron chi connectivity index (χ3n) is 1.11. The van der Waals surface area contributed by atoms with E-state index < -0.39 is 0 Å². The van der Waals surface area contributed by atoms with E-state index in [-0.39, 0.29) is 24.9 Å². The molecule has 0 aromatic rings. The normalized spacial score (nSPS) is 8.62. The van der Waals surface area contributed by atoms with Crippen molar-refractivity contribution in [3.63, 3.8) is 0 Å². The topological polar surface area (TPSA) is 58.2 Å². The third-order valence-corrected chi connectivity index (χ3v) is 1.66. The molecule has 0 aromatic carbocycles. The lowest BCUT2D eigenvalue weighted by Crippen LogP contribution is -2.37. The number of nitrogens with one attached hydrogen (secondary N) is 2. The van der Waals surface area contributed by atoms with Gasteiger partial charge < -0.3 is 10.6 Å². The van der Waals surface area contributed by atoms with Gasteiger partial charge in [-0.05, 0) is 6.26 Å². The van der Waals surface area contributed by atoms with Gasteiger partial charge in [0.05, 0.1) is 18.8 Å². The average Bonchev–Trinajstić information content (AvgIpc) is 2.12. The molecule has 5 heteroatoms. The molecule has 2 amide bonds. The maximum absolute atomic E-state index is 10.9. The van der Waals surface area contributed by atoms with Gasteiger partial charge in [0.2, 0.25) is 11.8 Å². The first-order valence-corrected chi connectivity index (χ1v) is 5.06. The van der Waals surface area contributed by atoms with Crippen molar-refractivity contribution in [3.05, 3.63) is 0 Å². The van der Waals surface area contributed by atoms with Crippen LogP contribution in [0, 0.1) is 12.3 Å². The fourth-order valence-corrected chi connectivity index (χ4v) is 0.937. The highest BCUT2D eigenvalue weighted by Gasteiger charge is 2.02. The molecule has 0 heterocycles. The minimum absolute atomic E-state index is 0.0128. The summed E-state index contributed by atoms with van der Waals surface area (Å²) in [5, 5.41) is 4.89. The fourth-order valence-electron chi connectivity index (χ4n) is 0.573. The predicted octanol–water partition coefficient (Wildman–Crippen LogP) is -0.785. The number of terminal acetylenes is 1. The Morgan fingerprint density at radius 3 is 2.62 bits per heavy atom. The predicted molar refractivity (Wildman–Crippen MR) is 53.2 cm³/mol. The summed E-state index contributed by atoms with van der Waals surface area (Å²) in [6.07, 6.45) is 6.74. The zero-order valence-corrected chi connectivity index (χ0v) is 8.24. The van der Waals surface area contributed by atoms with Crippen LogP contribution in [0.15, 0.2) is 0 Å². The summed E-state index contributed by atoms with van der Waals surface area (Å²) in [7, 11) is 0. The summed E-state index contributed by atoms with van der Waals surface area (Å²) in [6.45, 7) is 0.179. The Bertz CT molecular complexity index is 223. The number of carbonyl (C=O) groups is 2. The van der Waals surface area contributed by atoms with E-state index in [1.54, 1.807) is 0 Å². The second kappa shape index (κ2) is 7.50. The van der Waals surface area contributed by atoms with Gasteiger partial charge in [-0.1, -0.05) is 5.92 Å². The molecule has 0 radical (unpaired) electrons. The molecule has 0 unspecified atom stereocenters. The standard InChI is InChI=1S/C8H12N2O2S/c1-3-4-9-7(11)5-10-8(12)6-13-2/h1H,4-6H2,2H3,(H,9,11)(H,10,12). The first-order chi connectivity index (χ1) is 6.20. The Hall–Kier alpha value is -1.15. The van der Waals surface area contributed by atoms with Crippen LogP contribution in [0.3, 0.4) is 0 Å². The molecule has 4 nitrogen and oxygen atoms in total. The molecule has 0 aliphatic heterocycles. The van der Waals surface area contributed by atoms with Crippen molar-refractivity contribution in [1.29, 1.82) is 0 Å². The van der Waals surface area contributed by atoms with Crippen LogP contribution >= 0.6 is 11.8 Å². The maximum atomic E-state index is 10.9. The van der Waals surface area contributed by atoms with E-state index in [1.807, 2.05) is 6.26 Å². The molecular weight excluding hydrogens is 188 g/mol. The van der Waals surface area contributed by atoms with E-state index in [9.17, 15) is 9.59 Å². The summed E-state index contributed by atoms with van der Waals surface area (Å²) in [6, 6.07) is 0. The van der Waals surface area contributed by atoms with E-state index >= 15 is 0 Å². The van der Waals surface area contributed by atoms with Gasteiger partial charge in [-0.25, -0.2) is 0 Å². The highest BCUT2D eigenvalue weighted by molar-refractivity contribution is 7.99. The van der Waals surface area contributed by atoms with Crippen LogP contribution in [0.5, 0.6) is 0 Å². The quantitative estimate of drug-likeness (QED) is 0.572. The molecule has 2 N–H and O–H groups in total. The van der Waals surface area contributed by atoms with Crippen molar-refractivity contribution in [2.24, 2.45) is 0 Å². The van der Waals surface area contributed by atoms with E-state index in [2.05, 4.69) is 16.6 Å². The van der Waals surface area contributed by atoms with Gasteiger partial charge in [0.25, 0.3) is 0 Å². The number of carbonyl (C=O) groups excluding carboxylic acids is 2. The number of rotatable bonds is 5. The van der Waals surface area contributed by atoms with Crippen LogP contribution in [0.1, 0.15) is 0 Å². The molecule has 0 saturated carbocycles. The van der Waals surface area contributed by atoms with Crippen molar-refractivity contribution >= 4 is 23.6 Å². The van der Waals surface area contributed by atoms with Crippen LogP contribution < -0.4 is 10.6 Å². The molecule has 0 spiro atoms. The van der Waals surface area contributed by atoms with Gasteiger partial charge in [-0.3, -0.25) is 9.59 Å². The van der Waals surface area contributed by atoms with Crippen LogP contribution in [0.2, 0.25) is 0 Å². The lowest BCUT2D eigenvalue weighted by atomic mass is 10.5. The lowest BCUT2D eigenvalue weighted by Gasteiger charge is -2.03. The molecule has 0 bridgehead atoms. The minimum Gasteiger partial charge on any atom is -0.346 e. The van der Waals surface area contributed by atoms with Gasteiger partial charge in [-0.2, -0.15) is 11.8 Å². The summed E-state index contributed by atoms with van der Waals surface area (Å²) in [5.41, 5.74) is 0. The van der Waals surface area contributed by atoms with Gasteiger partial charge in [0.15, 0.2) is 0 Å². The maximum Gasteiger partial charge on any atom is 0.240 e. The SMILES string of the molecule is C#CCNC(=O)CNC(=O)CSC. The number of thioether (sulfide) groups is 1. The second-order valence-electron chi connectivity index (χ2n) is 2.19. The van der Waals surface area contributed by atoms with Crippen LogP contribution in [0.25, 0.3) is 0 Å². The van der Waals surface area contributed by atoms with E-state index in [4.69, 9.17) is 6.42 Å². The number of hydrogen-bond acceptors (Lipinski definition) is 3. The van der Waals surface area contributed by atoms with E-state index in [0.717, 1.165) is 0 Å². The zero-order valence-electron chi connectivity index (χ0n) is 7.42. The van der Waals surface area contributed by atoms with Crippen molar-refractivity contribution in [2.75, 3.05) is 25.1 Å². The molecule has 0 aliphatic rings. The van der Waals surface area contributed by atoms with Crippen molar-refractivity contribution in [3.8, 4) is 12.3 Å². The van der Waals surface area contributed by atoms with Crippen molar-refractivity contribution in [1.82, 2.24) is 10.6 Å². The lowest BCUT2D eigenvalue weighted by molar-refractivity contribution is -0.124. The Morgan fingerprint density at radius 2 is 2.08 bits per heavy atom. The Morgan fingerprint density at radius 1 is 1.38 bits per heavy atom. The molecule has 0 saturated heterocycles. The largest absolute Gasteiger partial charge is 0.346 e. The van der Waals surface area contributed by atoms with Gasteiger partial charge in [-0.15, -0.1) is 6.42 Å². The molecular formula is C8H12N2O2S. The molecule has 0 aromatic heterocycles. The molecule has 13 heavy (non-hydrogen) atoms. The second-order valence-corrected chi connectivity index (χ2v) is 3.06. The molecule has 0 atom stereocenters. The summed E-state index contributed by atoms with van der Waals surface area (Å²) < 4.78 is 0. The molecule has 0 fully saturated rings. The summed E-state index contributed by atoms with van der Waals surface area (Å²) >= 11 is 1.40. The number of amides is 2. The smallest absolute Gasteiger partial charge is 0.240 e. The fraction of sp³-hybridized carbons (Fsp3) is 0.500. The molecule has 0 aliphatic carbocycles. The summed E-state index contributed by atoms with van der Waals surface area (Å²) in [5.74, 6) is 2.21. The monoisotopic (exact) mass is 200 g/mol. The summed E-state index contributed by atoms with van der Waals surface area (Å²) in [4.78, 5) is 21.8. The van der Waals surface area contributed by atoms with Gasteiger partial charge in [0.1, 0.15) is 0 Å². The van der Waals surface area contributed by atoms with Crippen molar-refractivity contribution < 1.29 is 9.59 Å². The van der Waals surface area contributed by atoms with Crippen molar-refractivity contribution in [2.45, 2.75) is 0 Å². The zero-order chi connectivity index (χ0) is 10.1. The van der Waals surface area contributed by atoms with Crippen LogP contribution in [0.4, 0.5) is 0 Å². The van der Waals surface area contributed by atoms with E-state index in [1.165, 1.54) is 11.8 Å². The average molecular weight is 200 g/mol. The Kier molecular flexibility index (Phi) is 6.83. The highest BCUT2D eigenvalue weighted by atomic mass is 32.2. The number of hydrogen-bond donors (Lipinski definition) is 2.